The minimum Gasteiger partial charge on any atom is -0.393 e. The van der Waals surface area contributed by atoms with E-state index in [0.29, 0.717) is 38.9 Å². The average molecular weight is 283 g/mol. The van der Waals surface area contributed by atoms with Crippen LogP contribution in [0.4, 0.5) is 0 Å². The summed E-state index contributed by atoms with van der Waals surface area (Å²) in [7, 11) is 0. The van der Waals surface area contributed by atoms with Gasteiger partial charge in [0.15, 0.2) is 0 Å². The van der Waals surface area contributed by atoms with Crippen LogP contribution in [0.15, 0.2) is 0 Å². The third kappa shape index (κ3) is 4.28. The Morgan fingerprint density at radius 2 is 1.80 bits per heavy atom. The van der Waals surface area contributed by atoms with E-state index in [2.05, 4.69) is 5.32 Å². The van der Waals surface area contributed by atoms with Crippen LogP contribution in [0.2, 0.25) is 0 Å². The van der Waals surface area contributed by atoms with E-state index >= 15 is 0 Å². The Morgan fingerprint density at radius 1 is 1.15 bits per heavy atom. The number of rotatable bonds is 4. The SMILES string of the molecule is O=C(CN1CCC(O)CC1)NC(=O)CN1CCCC1=O. The molecule has 2 N–H and O–H groups in total. The van der Waals surface area contributed by atoms with Gasteiger partial charge in [-0.15, -0.1) is 0 Å². The average Bonchev–Trinajstić information content (AvgIpc) is 2.77. The number of imide groups is 1. The molecule has 0 aromatic rings. The number of hydrogen-bond donors (Lipinski definition) is 2. The van der Waals surface area contributed by atoms with Crippen molar-refractivity contribution in [2.75, 3.05) is 32.7 Å². The van der Waals surface area contributed by atoms with Gasteiger partial charge in [-0.25, -0.2) is 0 Å². The normalized spacial score (nSPS) is 21.2. The van der Waals surface area contributed by atoms with E-state index in [-0.39, 0.29) is 31.0 Å². The molecule has 3 amide bonds. The first kappa shape index (κ1) is 14.9. The highest BCUT2D eigenvalue weighted by Gasteiger charge is 2.24. The van der Waals surface area contributed by atoms with Gasteiger partial charge >= 0.3 is 0 Å². The van der Waals surface area contributed by atoms with E-state index in [1.165, 1.54) is 4.90 Å². The molecular weight excluding hydrogens is 262 g/mol. The summed E-state index contributed by atoms with van der Waals surface area (Å²) in [6, 6.07) is 0. The van der Waals surface area contributed by atoms with Crippen LogP contribution in [0.5, 0.6) is 0 Å². The van der Waals surface area contributed by atoms with Crippen molar-refractivity contribution in [3.05, 3.63) is 0 Å². The number of hydrogen-bond acceptors (Lipinski definition) is 5. The van der Waals surface area contributed by atoms with Crippen molar-refractivity contribution in [1.29, 1.82) is 0 Å². The van der Waals surface area contributed by atoms with Gasteiger partial charge in [-0.3, -0.25) is 24.6 Å². The van der Waals surface area contributed by atoms with Gasteiger partial charge in [0.25, 0.3) is 0 Å². The Hall–Kier alpha value is -1.47. The lowest BCUT2D eigenvalue weighted by molar-refractivity contribution is -0.136. The predicted octanol–water partition coefficient (Wildman–Crippen LogP) is -1.29. The standard InChI is InChI=1S/C13H21N3O4/c17-10-3-6-15(7-4-10)8-11(18)14-12(19)9-16-5-1-2-13(16)20/h10,17H,1-9H2,(H,14,18,19). The van der Waals surface area contributed by atoms with Gasteiger partial charge in [-0.1, -0.05) is 0 Å². The maximum atomic E-state index is 11.7. The molecule has 2 rings (SSSR count). The number of piperidine rings is 1. The lowest BCUT2D eigenvalue weighted by Crippen LogP contribution is -2.46. The highest BCUT2D eigenvalue weighted by Crippen LogP contribution is 2.09. The first-order valence-corrected chi connectivity index (χ1v) is 7.05. The molecule has 2 fully saturated rings. The van der Waals surface area contributed by atoms with Crippen molar-refractivity contribution < 1.29 is 19.5 Å². The van der Waals surface area contributed by atoms with E-state index in [4.69, 9.17) is 0 Å². The Labute approximate surface area is 117 Å². The Balaban J connectivity index is 1.68. The van der Waals surface area contributed by atoms with E-state index in [0.717, 1.165) is 6.42 Å². The number of likely N-dealkylation sites (tertiary alicyclic amines) is 2. The summed E-state index contributed by atoms with van der Waals surface area (Å²) in [6.07, 6.45) is 2.29. The van der Waals surface area contributed by atoms with E-state index in [1.807, 2.05) is 4.90 Å². The molecule has 2 heterocycles. The number of nitrogens with one attached hydrogen (secondary N) is 1. The number of aliphatic hydroxyl groups excluding tert-OH is 1. The number of carbonyl (C=O) groups excluding carboxylic acids is 3. The summed E-state index contributed by atoms with van der Waals surface area (Å²) in [5, 5.41) is 11.7. The smallest absolute Gasteiger partial charge is 0.246 e. The molecule has 7 nitrogen and oxygen atoms in total. The largest absolute Gasteiger partial charge is 0.393 e. The van der Waals surface area contributed by atoms with Crippen molar-refractivity contribution in [2.24, 2.45) is 0 Å². The Bertz CT molecular complexity index is 391. The van der Waals surface area contributed by atoms with Gasteiger partial charge in [-0.05, 0) is 19.3 Å². The summed E-state index contributed by atoms with van der Waals surface area (Å²) in [4.78, 5) is 38.1. The van der Waals surface area contributed by atoms with Crippen molar-refractivity contribution in [3.63, 3.8) is 0 Å². The van der Waals surface area contributed by atoms with Crippen LogP contribution in [0.1, 0.15) is 25.7 Å². The molecule has 0 atom stereocenters. The molecule has 0 aliphatic carbocycles. The molecule has 2 saturated heterocycles. The minimum atomic E-state index is -0.428. The van der Waals surface area contributed by atoms with Gasteiger partial charge in [0.2, 0.25) is 17.7 Å². The molecule has 0 saturated carbocycles. The second-order valence-corrected chi connectivity index (χ2v) is 5.40. The van der Waals surface area contributed by atoms with Crippen molar-refractivity contribution in [3.8, 4) is 0 Å². The summed E-state index contributed by atoms with van der Waals surface area (Å²) in [5.74, 6) is -0.807. The molecule has 112 valence electrons. The number of carbonyl (C=O) groups is 3. The van der Waals surface area contributed by atoms with Crippen LogP contribution in [-0.2, 0) is 14.4 Å². The summed E-state index contributed by atoms with van der Waals surface area (Å²) < 4.78 is 0. The van der Waals surface area contributed by atoms with Crippen LogP contribution >= 0.6 is 0 Å². The molecule has 0 spiro atoms. The highest BCUT2D eigenvalue weighted by molar-refractivity contribution is 5.98. The van der Waals surface area contributed by atoms with E-state index in [9.17, 15) is 19.5 Å². The van der Waals surface area contributed by atoms with E-state index in [1.54, 1.807) is 0 Å². The quantitative estimate of drug-likeness (QED) is 0.670. The lowest BCUT2D eigenvalue weighted by atomic mass is 10.1. The molecule has 0 bridgehead atoms. The minimum absolute atomic E-state index is 0.0300. The Kier molecular flexibility index (Phi) is 5.08. The van der Waals surface area contributed by atoms with Gasteiger partial charge in [0, 0.05) is 26.1 Å². The number of aliphatic hydroxyl groups is 1. The molecule has 7 heteroatoms. The molecule has 0 aromatic heterocycles. The van der Waals surface area contributed by atoms with Gasteiger partial charge in [0.05, 0.1) is 19.2 Å². The fraction of sp³-hybridized carbons (Fsp3) is 0.769. The van der Waals surface area contributed by atoms with Crippen molar-refractivity contribution in [2.45, 2.75) is 31.8 Å². The summed E-state index contributed by atoms with van der Waals surface area (Å²) in [6.45, 7) is 2.03. The first-order chi connectivity index (χ1) is 9.54. The second kappa shape index (κ2) is 6.81. The fourth-order valence-electron chi connectivity index (χ4n) is 2.56. The fourth-order valence-corrected chi connectivity index (χ4v) is 2.56. The zero-order valence-corrected chi connectivity index (χ0v) is 11.5. The van der Waals surface area contributed by atoms with Gasteiger partial charge in [-0.2, -0.15) is 0 Å². The Morgan fingerprint density at radius 3 is 2.40 bits per heavy atom. The zero-order chi connectivity index (χ0) is 14.5. The summed E-state index contributed by atoms with van der Waals surface area (Å²) in [5.41, 5.74) is 0. The maximum absolute atomic E-state index is 11.7. The third-order valence-corrected chi connectivity index (χ3v) is 3.71. The van der Waals surface area contributed by atoms with Crippen molar-refractivity contribution in [1.82, 2.24) is 15.1 Å². The molecule has 0 radical (unpaired) electrons. The van der Waals surface area contributed by atoms with Gasteiger partial charge in [0.1, 0.15) is 0 Å². The van der Waals surface area contributed by atoms with Gasteiger partial charge < -0.3 is 10.0 Å². The monoisotopic (exact) mass is 283 g/mol. The van der Waals surface area contributed by atoms with Crippen LogP contribution < -0.4 is 5.32 Å². The summed E-state index contributed by atoms with van der Waals surface area (Å²) >= 11 is 0. The third-order valence-electron chi connectivity index (χ3n) is 3.71. The van der Waals surface area contributed by atoms with Crippen LogP contribution in [0, 0.1) is 0 Å². The number of amides is 3. The first-order valence-electron chi connectivity index (χ1n) is 7.05. The predicted molar refractivity (Wildman–Crippen MR) is 70.6 cm³/mol. The number of nitrogens with zero attached hydrogens (tertiary/aromatic N) is 2. The second-order valence-electron chi connectivity index (χ2n) is 5.40. The molecule has 0 aromatic carbocycles. The molecule has 2 aliphatic heterocycles. The molecule has 0 unspecified atom stereocenters. The molecule has 20 heavy (non-hydrogen) atoms. The maximum Gasteiger partial charge on any atom is 0.246 e. The molecular formula is C13H21N3O4. The van der Waals surface area contributed by atoms with Crippen LogP contribution in [-0.4, -0.2) is 71.5 Å². The molecule has 2 aliphatic rings. The highest BCUT2D eigenvalue weighted by atomic mass is 16.3. The van der Waals surface area contributed by atoms with Crippen molar-refractivity contribution >= 4 is 17.7 Å². The van der Waals surface area contributed by atoms with E-state index < -0.39 is 5.91 Å². The van der Waals surface area contributed by atoms with Crippen LogP contribution in [0.25, 0.3) is 0 Å². The zero-order valence-electron chi connectivity index (χ0n) is 11.5. The van der Waals surface area contributed by atoms with Crippen LogP contribution in [0.3, 0.4) is 0 Å². The lowest BCUT2D eigenvalue weighted by Gasteiger charge is -2.28. The topological polar surface area (TPSA) is 90.0 Å².